The maximum Gasteiger partial charge on any atom is 0.259 e. The first-order chi connectivity index (χ1) is 16.5. The lowest BCUT2D eigenvalue weighted by molar-refractivity contribution is -0.149. The summed E-state index contributed by atoms with van der Waals surface area (Å²) >= 11 is 0. The number of nitrogens with one attached hydrogen (secondary N) is 3. The molecular weight excluding hydrogens is 430 g/mol. The molecule has 2 aromatic rings. The largest absolute Gasteiger partial charge is 0.356 e. The first-order valence-electron chi connectivity index (χ1n) is 12.7. The van der Waals surface area contributed by atoms with Gasteiger partial charge in [0.05, 0.1) is 29.4 Å². The second kappa shape index (κ2) is 10.6. The first-order valence-corrected chi connectivity index (χ1v) is 12.7. The van der Waals surface area contributed by atoms with E-state index in [1.807, 2.05) is 19.9 Å². The van der Waals surface area contributed by atoms with Gasteiger partial charge in [-0.3, -0.25) is 24.6 Å². The number of carbonyl (C=O) groups excluding carboxylic acids is 2. The van der Waals surface area contributed by atoms with E-state index in [4.69, 9.17) is 9.94 Å². The van der Waals surface area contributed by atoms with Crippen LogP contribution in [0, 0.1) is 0 Å². The molecule has 184 valence electrons. The van der Waals surface area contributed by atoms with E-state index in [1.165, 1.54) is 18.2 Å². The average molecular weight is 468 g/mol. The second-order valence-electron chi connectivity index (χ2n) is 9.35. The summed E-state index contributed by atoms with van der Waals surface area (Å²) in [6.07, 6.45) is 8.97. The van der Waals surface area contributed by atoms with Crippen molar-refractivity contribution in [2.45, 2.75) is 83.8 Å². The molecule has 2 aliphatic rings. The lowest BCUT2D eigenvalue weighted by Crippen LogP contribution is -2.50. The van der Waals surface area contributed by atoms with Crippen molar-refractivity contribution in [2.24, 2.45) is 0 Å². The van der Waals surface area contributed by atoms with E-state index in [2.05, 4.69) is 39.9 Å². The molecular formula is C26H37N5O3. The summed E-state index contributed by atoms with van der Waals surface area (Å²) in [5, 5.41) is 11.9. The second-order valence-corrected chi connectivity index (χ2v) is 9.35. The van der Waals surface area contributed by atoms with Gasteiger partial charge in [0.25, 0.3) is 5.91 Å². The minimum atomic E-state index is -1.39. The van der Waals surface area contributed by atoms with Gasteiger partial charge in [-0.15, -0.1) is 0 Å². The van der Waals surface area contributed by atoms with E-state index < -0.39 is 5.60 Å². The highest BCUT2D eigenvalue weighted by Crippen LogP contribution is 2.35. The SMILES string of the molecule is CCCNC(=O)CC1(C(=O)NCCC)C=C(c2ccc3c(CC)nn(C4CCCC4)c3c2)NO1. The Labute approximate surface area is 201 Å². The number of hydroxylamine groups is 1. The van der Waals surface area contributed by atoms with E-state index in [0.717, 1.165) is 48.9 Å². The Morgan fingerprint density at radius 3 is 2.59 bits per heavy atom. The number of amides is 2. The van der Waals surface area contributed by atoms with Crippen LogP contribution in [0.3, 0.4) is 0 Å². The Hall–Kier alpha value is -2.87. The molecule has 1 aromatic heterocycles. The predicted molar refractivity (Wildman–Crippen MR) is 133 cm³/mol. The lowest BCUT2D eigenvalue weighted by atomic mass is 9.95. The highest BCUT2D eigenvalue weighted by molar-refractivity contribution is 5.96. The standard InChI is InChI=1S/C26H37N5O3/c1-4-13-27-24(32)17-26(25(33)28-14-5-2)16-22(30-34-26)18-11-12-20-21(6-3)29-31(23(20)15-18)19-9-7-8-10-19/h11-12,15-16,19,30H,4-10,13-14,17H2,1-3H3,(H,27,32)(H,28,33). The summed E-state index contributed by atoms with van der Waals surface area (Å²) in [7, 11) is 0. The van der Waals surface area contributed by atoms with Crippen LogP contribution in [-0.2, 0) is 20.8 Å². The summed E-state index contributed by atoms with van der Waals surface area (Å²) in [4.78, 5) is 31.5. The molecule has 34 heavy (non-hydrogen) atoms. The van der Waals surface area contributed by atoms with Crippen LogP contribution in [0.15, 0.2) is 24.3 Å². The maximum atomic E-state index is 13.1. The Bertz CT molecular complexity index is 1070. The third-order valence-electron chi connectivity index (χ3n) is 6.74. The van der Waals surface area contributed by atoms with Gasteiger partial charge in [-0.1, -0.05) is 45.7 Å². The number of rotatable bonds is 10. The quantitative estimate of drug-likeness (QED) is 0.494. The zero-order valence-corrected chi connectivity index (χ0v) is 20.6. The number of benzene rings is 1. The molecule has 1 saturated carbocycles. The number of hydrogen-bond donors (Lipinski definition) is 3. The van der Waals surface area contributed by atoms with Gasteiger partial charge < -0.3 is 10.6 Å². The van der Waals surface area contributed by atoms with E-state index in [9.17, 15) is 9.59 Å². The van der Waals surface area contributed by atoms with Crippen LogP contribution >= 0.6 is 0 Å². The zero-order valence-electron chi connectivity index (χ0n) is 20.6. The minimum Gasteiger partial charge on any atom is -0.356 e. The van der Waals surface area contributed by atoms with Crippen LogP contribution in [0.4, 0.5) is 0 Å². The van der Waals surface area contributed by atoms with Crippen molar-refractivity contribution in [3.8, 4) is 0 Å². The Kier molecular flexibility index (Phi) is 7.56. The number of fused-ring (bicyclic) bond motifs is 1. The number of carbonyl (C=O) groups is 2. The van der Waals surface area contributed by atoms with Crippen LogP contribution in [0.25, 0.3) is 16.6 Å². The van der Waals surface area contributed by atoms with Crippen molar-refractivity contribution in [1.29, 1.82) is 0 Å². The smallest absolute Gasteiger partial charge is 0.259 e. The van der Waals surface area contributed by atoms with Crippen molar-refractivity contribution < 1.29 is 14.4 Å². The molecule has 0 bridgehead atoms. The summed E-state index contributed by atoms with van der Waals surface area (Å²) in [5.74, 6) is -0.524. The van der Waals surface area contributed by atoms with Crippen molar-refractivity contribution in [1.82, 2.24) is 25.9 Å². The monoisotopic (exact) mass is 467 g/mol. The number of hydrogen-bond acceptors (Lipinski definition) is 5. The fourth-order valence-corrected chi connectivity index (χ4v) is 4.87. The number of aryl methyl sites for hydroxylation is 1. The molecule has 0 spiro atoms. The summed E-state index contributed by atoms with van der Waals surface area (Å²) in [6, 6.07) is 6.69. The third kappa shape index (κ3) is 4.82. The van der Waals surface area contributed by atoms with Gasteiger partial charge >= 0.3 is 0 Å². The van der Waals surface area contributed by atoms with Gasteiger partial charge in [0.15, 0.2) is 0 Å². The predicted octanol–water partition coefficient (Wildman–Crippen LogP) is 3.77. The fraction of sp³-hybridized carbons (Fsp3) is 0.577. The van der Waals surface area contributed by atoms with Crippen LogP contribution in [0.5, 0.6) is 0 Å². The van der Waals surface area contributed by atoms with E-state index in [-0.39, 0.29) is 18.2 Å². The van der Waals surface area contributed by atoms with Crippen LogP contribution in [0.2, 0.25) is 0 Å². The average Bonchev–Trinajstić information content (AvgIpc) is 3.59. The minimum absolute atomic E-state index is 0.0821. The molecule has 1 unspecified atom stereocenters. The molecule has 8 heteroatoms. The molecule has 1 aromatic carbocycles. The van der Waals surface area contributed by atoms with E-state index in [0.29, 0.717) is 24.8 Å². The molecule has 0 radical (unpaired) electrons. The summed E-state index contributed by atoms with van der Waals surface area (Å²) in [6.45, 7) is 7.21. The van der Waals surface area contributed by atoms with Gasteiger partial charge in [0, 0.05) is 24.0 Å². The van der Waals surface area contributed by atoms with Gasteiger partial charge in [-0.05, 0) is 44.2 Å². The fourth-order valence-electron chi connectivity index (χ4n) is 4.87. The topological polar surface area (TPSA) is 97.3 Å². The molecule has 0 saturated heterocycles. The summed E-state index contributed by atoms with van der Waals surface area (Å²) in [5.41, 5.74) is 5.37. The zero-order chi connectivity index (χ0) is 24.1. The van der Waals surface area contributed by atoms with Crippen molar-refractivity contribution >= 4 is 28.4 Å². The van der Waals surface area contributed by atoms with Crippen LogP contribution in [-0.4, -0.2) is 40.3 Å². The number of nitrogens with zero attached hydrogens (tertiary/aromatic N) is 2. The molecule has 8 nitrogen and oxygen atoms in total. The summed E-state index contributed by atoms with van der Waals surface area (Å²) < 4.78 is 2.19. The van der Waals surface area contributed by atoms with Gasteiger partial charge in [-0.2, -0.15) is 5.10 Å². The first kappa shape index (κ1) is 24.3. The molecule has 3 N–H and O–H groups in total. The van der Waals surface area contributed by atoms with Crippen molar-refractivity contribution in [2.75, 3.05) is 13.1 Å². The third-order valence-corrected chi connectivity index (χ3v) is 6.74. The van der Waals surface area contributed by atoms with Gasteiger partial charge in [0.2, 0.25) is 11.5 Å². The van der Waals surface area contributed by atoms with Crippen LogP contribution < -0.4 is 16.1 Å². The molecule has 2 amide bonds. The van der Waals surface area contributed by atoms with Gasteiger partial charge in [0.1, 0.15) is 0 Å². The van der Waals surface area contributed by atoms with Gasteiger partial charge in [-0.25, -0.2) is 0 Å². The molecule has 1 fully saturated rings. The van der Waals surface area contributed by atoms with Crippen molar-refractivity contribution in [3.05, 3.63) is 35.5 Å². The molecule has 2 heterocycles. The molecule has 1 atom stereocenters. The maximum absolute atomic E-state index is 13.1. The van der Waals surface area contributed by atoms with Crippen molar-refractivity contribution in [3.63, 3.8) is 0 Å². The highest BCUT2D eigenvalue weighted by Gasteiger charge is 2.45. The Morgan fingerprint density at radius 1 is 1.15 bits per heavy atom. The lowest BCUT2D eigenvalue weighted by Gasteiger charge is -2.23. The Morgan fingerprint density at radius 2 is 1.88 bits per heavy atom. The molecule has 1 aliphatic carbocycles. The highest BCUT2D eigenvalue weighted by atomic mass is 16.7. The Balaban J connectivity index is 1.68. The normalized spacial score (nSPS) is 20.4. The van der Waals surface area contributed by atoms with E-state index in [1.54, 1.807) is 6.08 Å². The molecule has 4 rings (SSSR count). The number of aromatic nitrogens is 2. The van der Waals surface area contributed by atoms with Crippen LogP contribution in [0.1, 0.15) is 83.0 Å². The van der Waals surface area contributed by atoms with E-state index >= 15 is 0 Å². The molecule has 1 aliphatic heterocycles.